The first kappa shape index (κ1) is 16.0. The number of carbonyl (C=O) groups excluding carboxylic acids is 1. The zero-order valence-electron chi connectivity index (χ0n) is 12.5. The van der Waals surface area contributed by atoms with Crippen LogP contribution >= 0.6 is 11.8 Å². The molecule has 0 unspecified atom stereocenters. The first-order valence-electron chi connectivity index (χ1n) is 7.13. The lowest BCUT2D eigenvalue weighted by atomic mass is 10.2. The molecule has 0 atom stereocenters. The number of furan rings is 1. The van der Waals surface area contributed by atoms with Gasteiger partial charge in [0.25, 0.3) is 5.91 Å². The van der Waals surface area contributed by atoms with E-state index in [2.05, 4.69) is 10.5 Å². The van der Waals surface area contributed by atoms with Crippen molar-refractivity contribution in [1.29, 1.82) is 0 Å². The molecule has 0 saturated heterocycles. The first-order valence-corrected chi connectivity index (χ1v) is 7.95. The van der Waals surface area contributed by atoms with Gasteiger partial charge in [-0.25, -0.2) is 9.82 Å². The Morgan fingerprint density at radius 1 is 1.04 bits per heavy atom. The van der Waals surface area contributed by atoms with Crippen molar-refractivity contribution < 1.29 is 13.6 Å². The summed E-state index contributed by atoms with van der Waals surface area (Å²) in [4.78, 5) is 12.9. The van der Waals surface area contributed by atoms with E-state index in [0.29, 0.717) is 10.9 Å². The molecule has 2 aromatic carbocycles. The van der Waals surface area contributed by atoms with Crippen LogP contribution in [-0.4, -0.2) is 12.1 Å². The second kappa shape index (κ2) is 7.61. The van der Waals surface area contributed by atoms with Gasteiger partial charge in [0, 0.05) is 4.90 Å². The van der Waals surface area contributed by atoms with Crippen molar-refractivity contribution in [2.75, 3.05) is 0 Å². The Morgan fingerprint density at radius 2 is 1.79 bits per heavy atom. The Balaban J connectivity index is 1.59. The summed E-state index contributed by atoms with van der Waals surface area (Å²) in [7, 11) is 0. The maximum atomic E-state index is 13.5. The van der Waals surface area contributed by atoms with Crippen molar-refractivity contribution >= 4 is 23.9 Å². The average molecular weight is 340 g/mol. The normalized spacial score (nSPS) is 10.9. The Bertz CT molecular complexity index is 862. The number of halogens is 1. The van der Waals surface area contributed by atoms with E-state index < -0.39 is 11.7 Å². The van der Waals surface area contributed by atoms with Crippen molar-refractivity contribution in [3.05, 3.63) is 83.9 Å². The quantitative estimate of drug-likeness (QED) is 0.555. The van der Waals surface area contributed by atoms with Crippen LogP contribution in [0, 0.1) is 5.82 Å². The summed E-state index contributed by atoms with van der Waals surface area (Å²) < 4.78 is 19.1. The Hall–Kier alpha value is -2.86. The molecule has 0 spiro atoms. The van der Waals surface area contributed by atoms with E-state index in [1.165, 1.54) is 36.2 Å². The lowest BCUT2D eigenvalue weighted by molar-refractivity contribution is 0.0951. The fraction of sp³-hybridized carbons (Fsp3) is 0. The third-order valence-electron chi connectivity index (χ3n) is 3.04. The van der Waals surface area contributed by atoms with E-state index in [-0.39, 0.29) is 5.56 Å². The van der Waals surface area contributed by atoms with Crippen LogP contribution < -0.4 is 5.43 Å². The van der Waals surface area contributed by atoms with Gasteiger partial charge in [-0.05, 0) is 36.4 Å². The molecule has 0 saturated carbocycles. The number of benzene rings is 2. The van der Waals surface area contributed by atoms with E-state index in [0.717, 1.165) is 4.90 Å². The number of hydrogen-bond donors (Lipinski definition) is 1. The highest BCUT2D eigenvalue weighted by Gasteiger charge is 2.09. The summed E-state index contributed by atoms with van der Waals surface area (Å²) in [5.41, 5.74) is 2.21. The molecular weight excluding hydrogens is 327 g/mol. The van der Waals surface area contributed by atoms with Gasteiger partial charge in [-0.1, -0.05) is 42.1 Å². The first-order chi connectivity index (χ1) is 11.7. The molecule has 3 rings (SSSR count). The zero-order valence-corrected chi connectivity index (χ0v) is 13.3. The van der Waals surface area contributed by atoms with E-state index in [9.17, 15) is 9.18 Å². The molecule has 0 aliphatic rings. The molecule has 0 aliphatic carbocycles. The zero-order chi connectivity index (χ0) is 16.8. The van der Waals surface area contributed by atoms with Crippen LogP contribution in [-0.2, 0) is 0 Å². The Kier molecular flexibility index (Phi) is 5.08. The summed E-state index contributed by atoms with van der Waals surface area (Å²) in [6, 6.07) is 19.1. The highest BCUT2D eigenvalue weighted by Crippen LogP contribution is 2.28. The molecule has 1 N–H and O–H groups in total. The van der Waals surface area contributed by atoms with Crippen LogP contribution in [0.5, 0.6) is 0 Å². The topological polar surface area (TPSA) is 54.6 Å². The van der Waals surface area contributed by atoms with E-state index in [4.69, 9.17) is 4.42 Å². The number of rotatable bonds is 5. The highest BCUT2D eigenvalue weighted by atomic mass is 32.2. The maximum absolute atomic E-state index is 13.5. The molecule has 1 aromatic heterocycles. The van der Waals surface area contributed by atoms with Crippen LogP contribution in [0.1, 0.15) is 16.1 Å². The van der Waals surface area contributed by atoms with Crippen LogP contribution in [0.25, 0.3) is 0 Å². The van der Waals surface area contributed by atoms with Gasteiger partial charge in [-0.2, -0.15) is 5.10 Å². The lowest BCUT2D eigenvalue weighted by Crippen LogP contribution is -2.18. The number of hydrazone groups is 1. The van der Waals surface area contributed by atoms with Crippen molar-refractivity contribution in [1.82, 2.24) is 5.43 Å². The van der Waals surface area contributed by atoms with Gasteiger partial charge in [0.05, 0.1) is 11.8 Å². The molecule has 6 heteroatoms. The molecule has 0 radical (unpaired) electrons. The highest BCUT2D eigenvalue weighted by molar-refractivity contribution is 7.99. The molecule has 0 fully saturated rings. The lowest BCUT2D eigenvalue weighted by Gasteiger charge is -2.00. The monoisotopic (exact) mass is 340 g/mol. The summed E-state index contributed by atoms with van der Waals surface area (Å²) in [5, 5.41) is 4.50. The predicted molar refractivity (Wildman–Crippen MR) is 90.7 cm³/mol. The van der Waals surface area contributed by atoms with Crippen molar-refractivity contribution in [2.24, 2.45) is 5.10 Å². The van der Waals surface area contributed by atoms with Crippen LogP contribution in [0.4, 0.5) is 4.39 Å². The third kappa shape index (κ3) is 4.11. The number of hydrogen-bond acceptors (Lipinski definition) is 4. The minimum Gasteiger partial charge on any atom is -0.448 e. The van der Waals surface area contributed by atoms with Gasteiger partial charge in [-0.3, -0.25) is 4.79 Å². The summed E-state index contributed by atoms with van der Waals surface area (Å²) in [5.74, 6) is -0.721. The second-order valence-corrected chi connectivity index (χ2v) is 5.83. The molecule has 24 heavy (non-hydrogen) atoms. The molecule has 120 valence electrons. The second-order valence-electron chi connectivity index (χ2n) is 4.75. The number of carbonyl (C=O) groups is 1. The summed E-state index contributed by atoms with van der Waals surface area (Å²) in [6.45, 7) is 0. The van der Waals surface area contributed by atoms with Crippen molar-refractivity contribution in [3.63, 3.8) is 0 Å². The van der Waals surface area contributed by atoms with Crippen LogP contribution in [0.3, 0.4) is 0 Å². The minimum absolute atomic E-state index is 0.0607. The molecule has 0 bridgehead atoms. The van der Waals surface area contributed by atoms with E-state index in [1.807, 2.05) is 36.4 Å². The van der Waals surface area contributed by atoms with Gasteiger partial charge in [0.15, 0.2) is 5.09 Å². The molecule has 3 aromatic rings. The maximum Gasteiger partial charge on any atom is 0.274 e. The van der Waals surface area contributed by atoms with Gasteiger partial charge < -0.3 is 4.42 Å². The Labute approximate surface area is 142 Å². The molecule has 1 amide bonds. The molecule has 0 aliphatic heterocycles. The average Bonchev–Trinajstić information content (AvgIpc) is 3.03. The fourth-order valence-corrected chi connectivity index (χ4v) is 2.72. The Morgan fingerprint density at radius 3 is 2.58 bits per heavy atom. The molecule has 1 heterocycles. The van der Waals surface area contributed by atoms with Gasteiger partial charge in [0.1, 0.15) is 11.6 Å². The number of nitrogens with zero attached hydrogens (tertiary/aromatic N) is 1. The summed E-state index contributed by atoms with van der Waals surface area (Å²) >= 11 is 1.48. The molecular formula is C18H13FN2O2S. The molecule has 4 nitrogen and oxygen atoms in total. The third-order valence-corrected chi connectivity index (χ3v) is 3.97. The summed E-state index contributed by atoms with van der Waals surface area (Å²) in [6.07, 6.45) is 1.37. The van der Waals surface area contributed by atoms with Crippen LogP contribution in [0.2, 0.25) is 0 Å². The van der Waals surface area contributed by atoms with Crippen LogP contribution in [0.15, 0.2) is 86.2 Å². The number of nitrogens with one attached hydrogen (secondary N) is 1. The van der Waals surface area contributed by atoms with E-state index in [1.54, 1.807) is 12.1 Å². The predicted octanol–water partition coefficient (Wildman–Crippen LogP) is 4.33. The number of amides is 1. The fourth-order valence-electron chi connectivity index (χ4n) is 1.92. The largest absolute Gasteiger partial charge is 0.448 e. The van der Waals surface area contributed by atoms with E-state index >= 15 is 0 Å². The standard InChI is InChI=1S/C18H13FN2O2S/c19-16-9-5-4-8-15(16)18(22)21-20-12-13-10-11-17(23-13)24-14-6-2-1-3-7-14/h1-12H,(H,21,22)/b20-12-. The minimum atomic E-state index is -0.616. The van der Waals surface area contributed by atoms with Gasteiger partial charge in [-0.15, -0.1) is 0 Å². The van der Waals surface area contributed by atoms with Crippen molar-refractivity contribution in [3.8, 4) is 0 Å². The SMILES string of the molecule is O=C(N/N=C\c1ccc(Sc2ccccc2)o1)c1ccccc1F. The van der Waals surface area contributed by atoms with Gasteiger partial charge in [0.2, 0.25) is 0 Å². The smallest absolute Gasteiger partial charge is 0.274 e. The van der Waals surface area contributed by atoms with Gasteiger partial charge >= 0.3 is 0 Å². The van der Waals surface area contributed by atoms with Crippen molar-refractivity contribution in [2.45, 2.75) is 9.99 Å².